The molecule has 4 aromatic rings. The average Bonchev–Trinajstić information content (AvgIpc) is 3.21. The summed E-state index contributed by atoms with van der Waals surface area (Å²) in [5.41, 5.74) is 8.02. The first-order valence-electron chi connectivity index (χ1n) is 9.92. The Kier molecular flexibility index (Phi) is 5.93. The summed E-state index contributed by atoms with van der Waals surface area (Å²) in [6, 6.07) is 20.8. The van der Waals surface area contributed by atoms with Gasteiger partial charge in [0.2, 0.25) is 11.8 Å². The molecule has 0 aliphatic rings. The maximum absolute atomic E-state index is 12.3. The van der Waals surface area contributed by atoms with Crippen molar-refractivity contribution in [2.75, 3.05) is 0 Å². The van der Waals surface area contributed by atoms with Gasteiger partial charge >= 0.3 is 0 Å². The number of ether oxygens (including phenoxy) is 1. The van der Waals surface area contributed by atoms with Crippen molar-refractivity contribution in [3.63, 3.8) is 0 Å². The SMILES string of the molecule is C[C@H](Oc1ccc(C(=O)NNC(=O)Cc2c[nH]c3ccccc23)cn1)c1ccccc1. The lowest BCUT2D eigenvalue weighted by atomic mass is 10.1. The van der Waals surface area contributed by atoms with Gasteiger partial charge in [-0.25, -0.2) is 4.98 Å². The summed E-state index contributed by atoms with van der Waals surface area (Å²) in [7, 11) is 0. The Hall–Kier alpha value is -4.13. The Balaban J connectivity index is 1.30. The molecule has 7 nitrogen and oxygen atoms in total. The Morgan fingerprint density at radius 1 is 1.00 bits per heavy atom. The van der Waals surface area contributed by atoms with Gasteiger partial charge in [-0.3, -0.25) is 20.4 Å². The van der Waals surface area contributed by atoms with Crippen LogP contribution in [0.5, 0.6) is 5.88 Å². The highest BCUT2D eigenvalue weighted by Crippen LogP contribution is 2.20. The highest BCUT2D eigenvalue weighted by Gasteiger charge is 2.12. The molecule has 0 aliphatic heterocycles. The third-order valence-electron chi connectivity index (χ3n) is 4.91. The Labute approximate surface area is 179 Å². The number of hydrogen-bond donors (Lipinski definition) is 3. The Morgan fingerprint density at radius 3 is 2.55 bits per heavy atom. The molecule has 2 heterocycles. The van der Waals surface area contributed by atoms with E-state index in [-0.39, 0.29) is 18.4 Å². The molecule has 0 aliphatic carbocycles. The quantitative estimate of drug-likeness (QED) is 0.419. The molecule has 2 aromatic heterocycles. The van der Waals surface area contributed by atoms with Crippen molar-refractivity contribution in [1.82, 2.24) is 20.8 Å². The van der Waals surface area contributed by atoms with Crippen molar-refractivity contribution in [2.45, 2.75) is 19.4 Å². The number of aromatic amines is 1. The Morgan fingerprint density at radius 2 is 1.77 bits per heavy atom. The molecule has 2 amide bonds. The van der Waals surface area contributed by atoms with E-state index in [0.29, 0.717) is 11.4 Å². The molecule has 2 aromatic carbocycles. The zero-order chi connectivity index (χ0) is 21.6. The second-order valence-electron chi connectivity index (χ2n) is 7.09. The average molecular weight is 414 g/mol. The van der Waals surface area contributed by atoms with E-state index in [0.717, 1.165) is 22.0 Å². The van der Waals surface area contributed by atoms with E-state index in [2.05, 4.69) is 20.8 Å². The molecule has 0 saturated heterocycles. The monoisotopic (exact) mass is 414 g/mol. The number of benzene rings is 2. The number of pyridine rings is 1. The Bertz CT molecular complexity index is 1190. The van der Waals surface area contributed by atoms with Crippen molar-refractivity contribution in [3.8, 4) is 5.88 Å². The van der Waals surface area contributed by atoms with Crippen LogP contribution in [0, 0.1) is 0 Å². The number of rotatable bonds is 6. The summed E-state index contributed by atoms with van der Waals surface area (Å²) in [5.74, 6) is -0.360. The maximum atomic E-state index is 12.3. The molecule has 0 radical (unpaired) electrons. The number of amides is 2. The van der Waals surface area contributed by atoms with Crippen LogP contribution in [0.2, 0.25) is 0 Å². The van der Waals surface area contributed by atoms with Gasteiger partial charge in [0.1, 0.15) is 6.10 Å². The fraction of sp³-hybridized carbons (Fsp3) is 0.125. The zero-order valence-electron chi connectivity index (χ0n) is 17.0. The van der Waals surface area contributed by atoms with Crippen LogP contribution in [0.25, 0.3) is 10.9 Å². The molecule has 1 atom stereocenters. The van der Waals surface area contributed by atoms with Crippen LogP contribution in [0.3, 0.4) is 0 Å². The third kappa shape index (κ3) is 4.90. The number of hydrazine groups is 1. The first-order chi connectivity index (χ1) is 15.1. The van der Waals surface area contributed by atoms with Crippen LogP contribution in [0.15, 0.2) is 79.1 Å². The first-order valence-corrected chi connectivity index (χ1v) is 9.92. The molecule has 0 fully saturated rings. The molecular formula is C24H22N4O3. The summed E-state index contributed by atoms with van der Waals surface area (Å²) in [4.78, 5) is 31.8. The van der Waals surface area contributed by atoms with Gasteiger partial charge in [0.15, 0.2) is 0 Å². The van der Waals surface area contributed by atoms with Gasteiger partial charge in [0.25, 0.3) is 5.91 Å². The molecule has 3 N–H and O–H groups in total. The van der Waals surface area contributed by atoms with Crippen molar-refractivity contribution in [3.05, 3.63) is 95.8 Å². The van der Waals surface area contributed by atoms with Gasteiger partial charge in [0.05, 0.1) is 12.0 Å². The summed E-state index contributed by atoms with van der Waals surface area (Å²) in [5, 5.41) is 0.980. The maximum Gasteiger partial charge on any atom is 0.271 e. The third-order valence-corrected chi connectivity index (χ3v) is 4.91. The first kappa shape index (κ1) is 20.2. The van der Waals surface area contributed by atoms with Crippen molar-refractivity contribution >= 4 is 22.7 Å². The van der Waals surface area contributed by atoms with Crippen molar-refractivity contribution < 1.29 is 14.3 Å². The topological polar surface area (TPSA) is 96.1 Å². The predicted molar refractivity (Wildman–Crippen MR) is 117 cm³/mol. The minimum Gasteiger partial charge on any atom is -0.470 e. The minimum absolute atomic E-state index is 0.146. The van der Waals surface area contributed by atoms with Crippen LogP contribution in [0.1, 0.15) is 34.5 Å². The molecule has 156 valence electrons. The number of H-pyrrole nitrogens is 1. The van der Waals surface area contributed by atoms with Gasteiger partial charge in [-0.05, 0) is 30.2 Å². The van der Waals surface area contributed by atoms with Gasteiger partial charge in [-0.1, -0.05) is 48.5 Å². The van der Waals surface area contributed by atoms with E-state index in [1.54, 1.807) is 18.3 Å². The van der Waals surface area contributed by atoms with E-state index in [1.165, 1.54) is 6.20 Å². The molecule has 31 heavy (non-hydrogen) atoms. The number of nitrogens with one attached hydrogen (secondary N) is 3. The molecular weight excluding hydrogens is 392 g/mol. The van der Waals surface area contributed by atoms with E-state index in [4.69, 9.17) is 4.74 Å². The molecule has 0 saturated carbocycles. The number of para-hydroxylation sites is 1. The fourth-order valence-electron chi connectivity index (χ4n) is 3.25. The van der Waals surface area contributed by atoms with Crippen molar-refractivity contribution in [2.24, 2.45) is 0 Å². The van der Waals surface area contributed by atoms with Gasteiger partial charge < -0.3 is 9.72 Å². The number of carbonyl (C=O) groups excluding carboxylic acids is 2. The van der Waals surface area contributed by atoms with Crippen LogP contribution in [0.4, 0.5) is 0 Å². The van der Waals surface area contributed by atoms with E-state index in [9.17, 15) is 9.59 Å². The lowest BCUT2D eigenvalue weighted by Crippen LogP contribution is -2.42. The largest absolute Gasteiger partial charge is 0.470 e. The van der Waals surface area contributed by atoms with Crippen LogP contribution >= 0.6 is 0 Å². The molecule has 0 unspecified atom stereocenters. The number of aromatic nitrogens is 2. The number of hydrogen-bond acceptors (Lipinski definition) is 4. The zero-order valence-corrected chi connectivity index (χ0v) is 17.0. The lowest BCUT2D eigenvalue weighted by molar-refractivity contribution is -0.121. The van der Waals surface area contributed by atoms with E-state index < -0.39 is 5.91 Å². The fourth-order valence-corrected chi connectivity index (χ4v) is 3.25. The second kappa shape index (κ2) is 9.13. The van der Waals surface area contributed by atoms with Crippen LogP contribution < -0.4 is 15.6 Å². The van der Waals surface area contributed by atoms with Crippen LogP contribution in [-0.2, 0) is 11.2 Å². The summed E-state index contributed by atoms with van der Waals surface area (Å²) in [6.45, 7) is 1.93. The standard InChI is InChI=1S/C24H22N4O3/c1-16(17-7-3-2-4-8-17)31-23-12-11-18(14-26-23)24(30)28-27-22(29)13-19-15-25-21-10-6-5-9-20(19)21/h2-12,14-16,25H,13H2,1H3,(H,27,29)(H,28,30)/t16-/m0/s1. The predicted octanol–water partition coefficient (Wildman–Crippen LogP) is 3.71. The molecule has 4 rings (SSSR count). The number of carbonyl (C=O) groups is 2. The second-order valence-corrected chi connectivity index (χ2v) is 7.09. The molecule has 7 heteroatoms. The minimum atomic E-state index is -0.456. The molecule has 0 spiro atoms. The highest BCUT2D eigenvalue weighted by atomic mass is 16.5. The smallest absolute Gasteiger partial charge is 0.271 e. The van der Waals surface area contributed by atoms with Gasteiger partial charge in [-0.15, -0.1) is 0 Å². The number of fused-ring (bicyclic) bond motifs is 1. The normalized spacial score (nSPS) is 11.6. The van der Waals surface area contributed by atoms with Gasteiger partial charge in [0, 0.05) is 29.4 Å². The lowest BCUT2D eigenvalue weighted by Gasteiger charge is -2.14. The molecule has 0 bridgehead atoms. The number of nitrogens with zero attached hydrogens (tertiary/aromatic N) is 1. The summed E-state index contributed by atoms with van der Waals surface area (Å²) < 4.78 is 5.81. The van der Waals surface area contributed by atoms with Crippen molar-refractivity contribution in [1.29, 1.82) is 0 Å². The highest BCUT2D eigenvalue weighted by molar-refractivity contribution is 5.96. The van der Waals surface area contributed by atoms with E-state index in [1.807, 2.05) is 61.5 Å². The van der Waals surface area contributed by atoms with Gasteiger partial charge in [-0.2, -0.15) is 0 Å². The summed E-state index contributed by atoms with van der Waals surface area (Å²) >= 11 is 0. The summed E-state index contributed by atoms with van der Waals surface area (Å²) in [6.07, 6.45) is 3.18. The van der Waals surface area contributed by atoms with E-state index >= 15 is 0 Å². The van der Waals surface area contributed by atoms with Crippen LogP contribution in [-0.4, -0.2) is 21.8 Å².